The first-order valence-electron chi connectivity index (χ1n) is 6.66. The van der Waals surface area contributed by atoms with Crippen LogP contribution in [0.15, 0.2) is 40.5 Å². The summed E-state index contributed by atoms with van der Waals surface area (Å²) in [4.78, 5) is 26.8. The van der Waals surface area contributed by atoms with Crippen LogP contribution in [0.25, 0.3) is 0 Å². The zero-order chi connectivity index (χ0) is 16.3. The highest BCUT2D eigenvalue weighted by Gasteiger charge is 2.30. The maximum atomic E-state index is 12.2. The molecule has 22 heavy (non-hydrogen) atoms. The van der Waals surface area contributed by atoms with Gasteiger partial charge in [-0.1, -0.05) is 12.1 Å². The second-order valence-electron chi connectivity index (χ2n) is 4.65. The number of nitrogens with zero attached hydrogens (tertiary/aromatic N) is 2. The number of rotatable bonds is 4. The van der Waals surface area contributed by atoms with Gasteiger partial charge in [0.15, 0.2) is 5.96 Å². The fraction of sp³-hybridized carbons (Fsp3) is 0.286. The smallest absolute Gasteiger partial charge is 0.338 e. The summed E-state index contributed by atoms with van der Waals surface area (Å²) in [7, 11) is 0. The lowest BCUT2D eigenvalue weighted by atomic mass is 9.96. The quantitative estimate of drug-likeness (QED) is 0.492. The number of nitrogens with one attached hydrogen (secondary N) is 1. The summed E-state index contributed by atoms with van der Waals surface area (Å²) in [6.45, 7) is 3.60. The molecule has 1 atom stereocenters. The molecule has 8 heteroatoms. The molecule has 1 aliphatic rings. The largest absolute Gasteiger partial charge is 0.463 e. The zero-order valence-corrected chi connectivity index (χ0v) is 12.2. The third-order valence-electron chi connectivity index (χ3n) is 3.15. The Kier molecular flexibility index (Phi) is 4.40. The van der Waals surface area contributed by atoms with E-state index < -0.39 is 16.9 Å². The maximum absolute atomic E-state index is 12.2. The van der Waals surface area contributed by atoms with Crippen LogP contribution >= 0.6 is 0 Å². The van der Waals surface area contributed by atoms with Gasteiger partial charge in [-0.15, -0.1) is 0 Å². The number of nitro benzene ring substituents is 1. The minimum atomic E-state index is -0.736. The molecular weight excluding hydrogens is 288 g/mol. The molecule has 1 heterocycles. The van der Waals surface area contributed by atoms with E-state index in [0.717, 1.165) is 0 Å². The number of aliphatic imine (C=N–C) groups is 1. The van der Waals surface area contributed by atoms with Gasteiger partial charge in [0.25, 0.3) is 5.69 Å². The summed E-state index contributed by atoms with van der Waals surface area (Å²) in [5.41, 5.74) is 6.93. The lowest BCUT2D eigenvalue weighted by Gasteiger charge is -2.24. The van der Waals surface area contributed by atoms with E-state index in [1.165, 1.54) is 12.1 Å². The van der Waals surface area contributed by atoms with Crippen molar-refractivity contribution in [2.24, 2.45) is 10.7 Å². The van der Waals surface area contributed by atoms with Gasteiger partial charge in [-0.2, -0.15) is 0 Å². The molecule has 116 valence electrons. The van der Waals surface area contributed by atoms with Gasteiger partial charge < -0.3 is 15.8 Å². The number of guanidine groups is 1. The van der Waals surface area contributed by atoms with Crippen LogP contribution in [-0.2, 0) is 9.53 Å². The minimum Gasteiger partial charge on any atom is -0.463 e. The third kappa shape index (κ3) is 3.05. The second kappa shape index (κ2) is 6.25. The van der Waals surface area contributed by atoms with Crippen LogP contribution in [-0.4, -0.2) is 23.5 Å². The van der Waals surface area contributed by atoms with Gasteiger partial charge in [-0.05, 0) is 19.4 Å². The van der Waals surface area contributed by atoms with Crippen LogP contribution in [0.1, 0.15) is 25.5 Å². The summed E-state index contributed by atoms with van der Waals surface area (Å²) in [6, 6.07) is 5.21. The van der Waals surface area contributed by atoms with Gasteiger partial charge in [-0.25, -0.2) is 9.79 Å². The minimum absolute atomic E-state index is 0.0781. The van der Waals surface area contributed by atoms with E-state index in [4.69, 9.17) is 10.5 Å². The Morgan fingerprint density at radius 3 is 2.91 bits per heavy atom. The van der Waals surface area contributed by atoms with Gasteiger partial charge in [0, 0.05) is 17.8 Å². The van der Waals surface area contributed by atoms with Gasteiger partial charge in [0.05, 0.1) is 17.1 Å². The highest BCUT2D eigenvalue weighted by atomic mass is 16.6. The molecule has 0 aliphatic carbocycles. The number of allylic oxidation sites excluding steroid dienone is 1. The molecule has 2 rings (SSSR count). The van der Waals surface area contributed by atoms with E-state index in [-0.39, 0.29) is 23.8 Å². The topological polar surface area (TPSA) is 120 Å². The molecule has 1 aromatic carbocycles. The van der Waals surface area contributed by atoms with Crippen molar-refractivity contribution in [1.29, 1.82) is 0 Å². The Morgan fingerprint density at radius 1 is 1.55 bits per heavy atom. The third-order valence-corrected chi connectivity index (χ3v) is 3.15. The second-order valence-corrected chi connectivity index (χ2v) is 4.65. The number of nitro groups is 1. The maximum Gasteiger partial charge on any atom is 0.338 e. The number of hydrogen-bond donors (Lipinski definition) is 2. The number of ether oxygens (including phenoxy) is 1. The summed E-state index contributed by atoms with van der Waals surface area (Å²) >= 11 is 0. The van der Waals surface area contributed by atoms with Crippen molar-refractivity contribution < 1.29 is 14.5 Å². The van der Waals surface area contributed by atoms with E-state index in [9.17, 15) is 14.9 Å². The number of hydrogen-bond acceptors (Lipinski definition) is 7. The van der Waals surface area contributed by atoms with Crippen molar-refractivity contribution in [1.82, 2.24) is 5.32 Å². The molecule has 0 bridgehead atoms. The Balaban J connectivity index is 2.49. The number of esters is 1. The van der Waals surface area contributed by atoms with Gasteiger partial charge in [0.1, 0.15) is 6.04 Å². The molecule has 3 N–H and O–H groups in total. The van der Waals surface area contributed by atoms with E-state index in [1.54, 1.807) is 26.0 Å². The molecule has 0 saturated heterocycles. The van der Waals surface area contributed by atoms with Crippen molar-refractivity contribution >= 4 is 17.6 Å². The summed E-state index contributed by atoms with van der Waals surface area (Å²) in [5.74, 6) is -0.387. The van der Waals surface area contributed by atoms with Gasteiger partial charge in [-0.3, -0.25) is 10.1 Å². The number of nitrogens with two attached hydrogens (primary N) is 1. The van der Waals surface area contributed by atoms with Crippen molar-refractivity contribution in [3.63, 3.8) is 0 Å². The first-order valence-corrected chi connectivity index (χ1v) is 6.66. The standard InChI is InChI=1S/C14H16N4O4/c1-3-22-13(19)11-8(2)16-14(15)17-12(11)9-5-4-6-10(7-9)18(20)21/h4-7,12H,3H2,1-2H3,(H3,15,16,17)/t12-/m0/s1. The van der Waals surface area contributed by atoms with Crippen molar-refractivity contribution in [3.8, 4) is 0 Å². The van der Waals surface area contributed by atoms with Crippen molar-refractivity contribution in [3.05, 3.63) is 51.2 Å². The average molecular weight is 304 g/mol. The Bertz CT molecular complexity index is 681. The Hall–Kier alpha value is -2.90. The monoisotopic (exact) mass is 304 g/mol. The molecule has 0 fully saturated rings. The van der Waals surface area contributed by atoms with Crippen LogP contribution in [0.4, 0.5) is 5.69 Å². The molecule has 8 nitrogen and oxygen atoms in total. The highest BCUT2D eigenvalue weighted by Crippen LogP contribution is 2.32. The number of benzene rings is 1. The SMILES string of the molecule is CCOC(=O)C1=C(C)NC(N)=N[C@H]1c1cccc([N+](=O)[O-])c1. The Labute approximate surface area is 126 Å². The summed E-state index contributed by atoms with van der Waals surface area (Å²) in [6.07, 6.45) is 0. The van der Waals surface area contributed by atoms with Crippen LogP contribution < -0.4 is 11.1 Å². The predicted octanol–water partition coefficient (Wildman–Crippen LogP) is 1.39. The molecule has 1 aromatic rings. The molecule has 0 saturated carbocycles. The van der Waals surface area contributed by atoms with Crippen LogP contribution in [0.2, 0.25) is 0 Å². The average Bonchev–Trinajstić information content (AvgIpc) is 2.46. The fourth-order valence-electron chi connectivity index (χ4n) is 2.22. The lowest BCUT2D eigenvalue weighted by molar-refractivity contribution is -0.384. The van der Waals surface area contributed by atoms with E-state index >= 15 is 0 Å². The zero-order valence-electron chi connectivity index (χ0n) is 12.2. The molecule has 1 aliphatic heterocycles. The summed E-state index contributed by atoms with van der Waals surface area (Å²) in [5, 5.41) is 13.7. The van der Waals surface area contributed by atoms with E-state index in [0.29, 0.717) is 11.3 Å². The molecule has 0 spiro atoms. The lowest BCUT2D eigenvalue weighted by Crippen LogP contribution is -2.37. The normalized spacial score (nSPS) is 17.5. The predicted molar refractivity (Wildman–Crippen MR) is 79.9 cm³/mol. The van der Waals surface area contributed by atoms with Gasteiger partial charge >= 0.3 is 5.97 Å². The van der Waals surface area contributed by atoms with Crippen LogP contribution in [0.5, 0.6) is 0 Å². The molecule has 0 unspecified atom stereocenters. The molecule has 0 amide bonds. The number of non-ortho nitro benzene ring substituents is 1. The first-order chi connectivity index (χ1) is 10.4. The summed E-state index contributed by atoms with van der Waals surface area (Å²) < 4.78 is 5.04. The number of carbonyl (C=O) groups excluding carboxylic acids is 1. The number of carbonyl (C=O) groups is 1. The Morgan fingerprint density at radius 2 is 2.27 bits per heavy atom. The first kappa shape index (κ1) is 15.5. The van der Waals surface area contributed by atoms with Crippen molar-refractivity contribution in [2.75, 3.05) is 6.61 Å². The van der Waals surface area contributed by atoms with Crippen LogP contribution in [0, 0.1) is 10.1 Å². The fourth-order valence-corrected chi connectivity index (χ4v) is 2.22. The van der Waals surface area contributed by atoms with E-state index in [1.807, 2.05) is 0 Å². The molecular formula is C14H16N4O4. The molecule has 0 aromatic heterocycles. The van der Waals surface area contributed by atoms with E-state index in [2.05, 4.69) is 10.3 Å². The van der Waals surface area contributed by atoms with Crippen molar-refractivity contribution in [2.45, 2.75) is 19.9 Å². The van der Waals surface area contributed by atoms with Crippen LogP contribution in [0.3, 0.4) is 0 Å². The molecule has 0 radical (unpaired) electrons. The van der Waals surface area contributed by atoms with Gasteiger partial charge in [0.2, 0.25) is 0 Å². The highest BCUT2D eigenvalue weighted by molar-refractivity contribution is 5.94.